The van der Waals surface area contributed by atoms with E-state index in [9.17, 15) is 0 Å². The summed E-state index contributed by atoms with van der Waals surface area (Å²) in [5, 5.41) is 22.4. The Balaban J connectivity index is 2.97. The minimum absolute atomic E-state index is 0.220. The zero-order valence-electron chi connectivity index (χ0n) is 6.25. The molecule has 0 bridgehead atoms. The summed E-state index contributed by atoms with van der Waals surface area (Å²) in [6, 6.07) is 8.93. The molecule has 0 spiro atoms. The quantitative estimate of drug-likeness (QED) is 0.393. The van der Waals surface area contributed by atoms with E-state index in [4.69, 9.17) is 10.4 Å². The van der Waals surface area contributed by atoms with E-state index in [1.807, 2.05) is 6.07 Å². The summed E-state index contributed by atoms with van der Waals surface area (Å²) in [4.78, 5) is 0. The minimum Gasteiger partial charge on any atom is -0.411 e. The molecule has 0 amide bonds. The molecule has 0 aliphatic heterocycles. The number of oxime groups is 2. The number of rotatable bonds is 2. The van der Waals surface area contributed by atoms with E-state index in [0.29, 0.717) is 5.56 Å². The van der Waals surface area contributed by atoms with Crippen LogP contribution in [0.5, 0.6) is 0 Å². The van der Waals surface area contributed by atoms with Gasteiger partial charge in [-0.15, -0.1) is 0 Å². The first-order chi connectivity index (χ1) is 5.88. The van der Waals surface area contributed by atoms with E-state index >= 15 is 0 Å². The Labute approximate surface area is 69.4 Å². The largest absolute Gasteiger partial charge is 0.411 e. The van der Waals surface area contributed by atoms with Crippen molar-refractivity contribution in [2.45, 2.75) is 0 Å². The van der Waals surface area contributed by atoms with Crippen molar-refractivity contribution in [3.63, 3.8) is 0 Å². The Morgan fingerprint density at radius 3 is 2.33 bits per heavy atom. The van der Waals surface area contributed by atoms with Crippen LogP contribution in [-0.2, 0) is 0 Å². The van der Waals surface area contributed by atoms with Crippen LogP contribution in [0.1, 0.15) is 5.56 Å². The molecule has 0 radical (unpaired) electrons. The van der Waals surface area contributed by atoms with Crippen LogP contribution in [0.3, 0.4) is 0 Å². The highest BCUT2D eigenvalue weighted by Gasteiger charge is 1.98. The van der Waals surface area contributed by atoms with Crippen LogP contribution in [0.15, 0.2) is 40.6 Å². The molecule has 4 nitrogen and oxygen atoms in total. The average Bonchev–Trinajstić information content (AvgIpc) is 2.15. The topological polar surface area (TPSA) is 65.2 Å². The molecular formula is C8H8N2O2. The Kier molecular flexibility index (Phi) is 2.84. The molecule has 0 fully saturated rings. The Morgan fingerprint density at radius 2 is 1.83 bits per heavy atom. The van der Waals surface area contributed by atoms with Crippen LogP contribution in [0.25, 0.3) is 0 Å². The number of hydrogen-bond acceptors (Lipinski definition) is 4. The summed E-state index contributed by atoms with van der Waals surface area (Å²) in [5.74, 6) is 0. The first-order valence-corrected chi connectivity index (χ1v) is 3.33. The van der Waals surface area contributed by atoms with Gasteiger partial charge in [-0.05, 0) is 0 Å². The third kappa shape index (κ3) is 1.82. The van der Waals surface area contributed by atoms with Gasteiger partial charge in [-0.25, -0.2) is 0 Å². The molecule has 0 aliphatic carbocycles. The molecule has 12 heavy (non-hydrogen) atoms. The maximum Gasteiger partial charge on any atom is 0.131 e. The van der Waals surface area contributed by atoms with E-state index in [2.05, 4.69) is 10.3 Å². The van der Waals surface area contributed by atoms with Crippen molar-refractivity contribution in [3.8, 4) is 0 Å². The van der Waals surface area contributed by atoms with E-state index in [-0.39, 0.29) is 5.71 Å². The molecule has 1 aromatic rings. The van der Waals surface area contributed by atoms with Gasteiger partial charge in [-0.2, -0.15) is 0 Å². The Morgan fingerprint density at radius 1 is 1.17 bits per heavy atom. The Hall–Kier alpha value is -1.84. The first-order valence-electron chi connectivity index (χ1n) is 3.33. The van der Waals surface area contributed by atoms with E-state index in [1.54, 1.807) is 24.3 Å². The molecule has 62 valence electrons. The van der Waals surface area contributed by atoms with Gasteiger partial charge < -0.3 is 10.4 Å². The van der Waals surface area contributed by atoms with Crippen molar-refractivity contribution in [1.82, 2.24) is 0 Å². The molecule has 0 unspecified atom stereocenters. The summed E-state index contributed by atoms with van der Waals surface area (Å²) >= 11 is 0. The van der Waals surface area contributed by atoms with Crippen LogP contribution >= 0.6 is 0 Å². The minimum atomic E-state index is 0.220. The standard InChI is InChI=1S/C8H8N2O2/c11-9-6-8(10-12)7-4-2-1-3-5-7/h1-6,11-12H/b9-6+,10-8+. The summed E-state index contributed by atoms with van der Waals surface area (Å²) in [6.45, 7) is 0. The van der Waals surface area contributed by atoms with Gasteiger partial charge in [0.15, 0.2) is 0 Å². The smallest absolute Gasteiger partial charge is 0.131 e. The van der Waals surface area contributed by atoms with Gasteiger partial charge in [0.1, 0.15) is 5.71 Å². The van der Waals surface area contributed by atoms with Crippen LogP contribution in [-0.4, -0.2) is 22.3 Å². The highest BCUT2D eigenvalue weighted by atomic mass is 16.4. The van der Waals surface area contributed by atoms with Gasteiger partial charge in [-0.3, -0.25) is 0 Å². The van der Waals surface area contributed by atoms with Gasteiger partial charge >= 0.3 is 0 Å². The second-order valence-corrected chi connectivity index (χ2v) is 2.10. The summed E-state index contributed by atoms with van der Waals surface area (Å²) < 4.78 is 0. The van der Waals surface area contributed by atoms with Crippen LogP contribution in [0.2, 0.25) is 0 Å². The lowest BCUT2D eigenvalue weighted by molar-refractivity contribution is 0.316. The fourth-order valence-electron chi connectivity index (χ4n) is 0.822. The van der Waals surface area contributed by atoms with Gasteiger partial charge in [-0.1, -0.05) is 40.6 Å². The highest BCUT2D eigenvalue weighted by Crippen LogP contribution is 1.98. The zero-order valence-corrected chi connectivity index (χ0v) is 6.25. The van der Waals surface area contributed by atoms with Gasteiger partial charge in [0.2, 0.25) is 0 Å². The van der Waals surface area contributed by atoms with E-state index < -0.39 is 0 Å². The molecule has 1 rings (SSSR count). The first kappa shape index (κ1) is 8.26. The Bertz CT molecular complexity index is 293. The van der Waals surface area contributed by atoms with E-state index in [1.165, 1.54) is 0 Å². The van der Waals surface area contributed by atoms with Gasteiger partial charge in [0.25, 0.3) is 0 Å². The summed E-state index contributed by atoms with van der Waals surface area (Å²) in [7, 11) is 0. The lowest BCUT2D eigenvalue weighted by Gasteiger charge is -1.95. The predicted octanol–water partition coefficient (Wildman–Crippen LogP) is 1.32. The summed E-state index contributed by atoms with van der Waals surface area (Å²) in [6.07, 6.45) is 1.06. The second kappa shape index (κ2) is 4.12. The van der Waals surface area contributed by atoms with Crippen molar-refractivity contribution < 1.29 is 10.4 Å². The molecule has 1 aromatic carbocycles. The molecule has 0 aliphatic rings. The molecule has 0 heterocycles. The number of hydrogen-bond donors (Lipinski definition) is 2. The number of benzene rings is 1. The monoisotopic (exact) mass is 164 g/mol. The third-order valence-electron chi connectivity index (χ3n) is 1.36. The molecule has 0 saturated carbocycles. The molecule has 4 heteroatoms. The van der Waals surface area contributed by atoms with Crippen molar-refractivity contribution in [2.75, 3.05) is 0 Å². The van der Waals surface area contributed by atoms with E-state index in [0.717, 1.165) is 6.21 Å². The third-order valence-corrected chi connectivity index (χ3v) is 1.36. The maximum absolute atomic E-state index is 8.50. The molecule has 0 saturated heterocycles. The molecule has 0 atom stereocenters. The normalized spacial score (nSPS) is 12.2. The van der Waals surface area contributed by atoms with Crippen LogP contribution in [0.4, 0.5) is 0 Å². The average molecular weight is 164 g/mol. The fraction of sp³-hybridized carbons (Fsp3) is 0. The molecule has 2 N–H and O–H groups in total. The van der Waals surface area contributed by atoms with Crippen LogP contribution in [0, 0.1) is 0 Å². The maximum atomic E-state index is 8.50. The SMILES string of the molecule is O/N=C(\C=N\O)c1ccccc1. The molecule has 0 aromatic heterocycles. The lowest BCUT2D eigenvalue weighted by Crippen LogP contribution is -2.01. The summed E-state index contributed by atoms with van der Waals surface area (Å²) in [5.41, 5.74) is 0.913. The predicted molar refractivity (Wildman–Crippen MR) is 45.0 cm³/mol. The lowest BCUT2D eigenvalue weighted by atomic mass is 10.1. The van der Waals surface area contributed by atoms with Crippen molar-refractivity contribution in [3.05, 3.63) is 35.9 Å². The second-order valence-electron chi connectivity index (χ2n) is 2.10. The highest BCUT2D eigenvalue weighted by molar-refractivity contribution is 6.37. The van der Waals surface area contributed by atoms with Gasteiger partial charge in [0.05, 0.1) is 6.21 Å². The van der Waals surface area contributed by atoms with Crippen molar-refractivity contribution in [1.29, 1.82) is 0 Å². The number of nitrogens with zero attached hydrogens (tertiary/aromatic N) is 2. The van der Waals surface area contributed by atoms with Crippen LogP contribution < -0.4 is 0 Å². The van der Waals surface area contributed by atoms with Gasteiger partial charge in [0, 0.05) is 5.56 Å². The van der Waals surface area contributed by atoms with Crippen molar-refractivity contribution >= 4 is 11.9 Å². The fourth-order valence-corrected chi connectivity index (χ4v) is 0.822. The zero-order chi connectivity index (χ0) is 8.81. The molecular weight excluding hydrogens is 156 g/mol. The van der Waals surface area contributed by atoms with Crippen molar-refractivity contribution in [2.24, 2.45) is 10.3 Å².